The second-order valence-corrected chi connectivity index (χ2v) is 8.07. The van der Waals surface area contributed by atoms with E-state index < -0.39 is 0 Å². The Labute approximate surface area is 129 Å². The Hall–Kier alpha value is -0.670. The Morgan fingerprint density at radius 1 is 1.30 bits per heavy atom. The number of hydrogen-bond acceptors (Lipinski definition) is 3. The van der Waals surface area contributed by atoms with E-state index in [0.29, 0.717) is 16.5 Å². The number of halogens is 1. The molecule has 20 heavy (non-hydrogen) atoms. The summed E-state index contributed by atoms with van der Waals surface area (Å²) in [4.78, 5) is 11.8. The van der Waals surface area contributed by atoms with Gasteiger partial charge in [-0.25, -0.2) is 9.97 Å². The minimum absolute atomic E-state index is 0.475. The molecule has 3 rings (SSSR count). The molecule has 0 aromatic carbocycles. The average Bonchev–Trinajstić information content (AvgIpc) is 2.82. The topological polar surface area (TPSA) is 25.8 Å². The Bertz CT molecular complexity index is 623. The van der Waals surface area contributed by atoms with Crippen LogP contribution in [0.3, 0.4) is 0 Å². The van der Waals surface area contributed by atoms with Gasteiger partial charge >= 0.3 is 0 Å². The fourth-order valence-corrected chi connectivity index (χ4v) is 4.23. The van der Waals surface area contributed by atoms with Crippen LogP contribution < -0.4 is 0 Å². The van der Waals surface area contributed by atoms with Crippen molar-refractivity contribution >= 4 is 33.2 Å². The zero-order valence-electron chi connectivity index (χ0n) is 12.4. The van der Waals surface area contributed by atoms with Crippen LogP contribution in [0.25, 0.3) is 10.2 Å². The molecule has 1 fully saturated rings. The van der Waals surface area contributed by atoms with E-state index in [9.17, 15) is 0 Å². The van der Waals surface area contributed by atoms with Crippen LogP contribution in [0.4, 0.5) is 0 Å². The molecule has 1 saturated carbocycles. The molecular formula is C16H21ClN2S. The molecule has 0 N–H and O–H groups in total. The first-order valence-corrected chi connectivity index (χ1v) is 8.64. The van der Waals surface area contributed by atoms with E-state index in [0.717, 1.165) is 22.5 Å². The maximum atomic E-state index is 6.36. The van der Waals surface area contributed by atoms with Crippen molar-refractivity contribution in [3.63, 3.8) is 0 Å². The number of nitrogens with zero attached hydrogens (tertiary/aromatic N) is 2. The van der Waals surface area contributed by atoms with Crippen molar-refractivity contribution in [2.24, 2.45) is 5.41 Å². The summed E-state index contributed by atoms with van der Waals surface area (Å²) in [5.74, 6) is 1.44. The Morgan fingerprint density at radius 2 is 2.00 bits per heavy atom. The molecule has 0 bridgehead atoms. The Morgan fingerprint density at radius 3 is 2.65 bits per heavy atom. The van der Waals surface area contributed by atoms with Crippen LogP contribution in [0, 0.1) is 5.41 Å². The van der Waals surface area contributed by atoms with Crippen LogP contribution in [0.15, 0.2) is 6.07 Å². The molecule has 0 amide bonds. The van der Waals surface area contributed by atoms with Crippen molar-refractivity contribution in [1.82, 2.24) is 9.97 Å². The van der Waals surface area contributed by atoms with E-state index in [1.54, 1.807) is 11.3 Å². The molecule has 0 atom stereocenters. The van der Waals surface area contributed by atoms with Crippen LogP contribution in [0.2, 0.25) is 5.15 Å². The lowest BCUT2D eigenvalue weighted by molar-refractivity contribution is 0.221. The lowest BCUT2D eigenvalue weighted by atomic mass is 9.73. The quantitative estimate of drug-likeness (QED) is 0.676. The molecule has 2 heterocycles. The standard InChI is InChI=1S/C16H21ClN2S/c1-4-11-9-12-13(17)18-14(19-15(12)20-11)10-5-7-16(2,3)8-6-10/h9-10H,4-8H2,1-3H3. The summed E-state index contributed by atoms with van der Waals surface area (Å²) in [5, 5.41) is 1.65. The minimum Gasteiger partial charge on any atom is -0.222 e. The van der Waals surface area contributed by atoms with Gasteiger partial charge in [0.2, 0.25) is 0 Å². The maximum Gasteiger partial charge on any atom is 0.141 e. The predicted octanol–water partition coefficient (Wildman–Crippen LogP) is 5.59. The van der Waals surface area contributed by atoms with E-state index in [1.165, 1.54) is 30.6 Å². The third-order valence-electron chi connectivity index (χ3n) is 4.47. The van der Waals surface area contributed by atoms with E-state index in [4.69, 9.17) is 16.6 Å². The van der Waals surface area contributed by atoms with Gasteiger partial charge in [0.1, 0.15) is 15.8 Å². The zero-order chi connectivity index (χ0) is 14.3. The smallest absolute Gasteiger partial charge is 0.141 e. The number of aromatic nitrogens is 2. The molecule has 0 aliphatic heterocycles. The van der Waals surface area contributed by atoms with Crippen molar-refractivity contribution in [2.75, 3.05) is 0 Å². The van der Waals surface area contributed by atoms with Crippen molar-refractivity contribution in [3.8, 4) is 0 Å². The molecule has 1 aliphatic rings. The van der Waals surface area contributed by atoms with Crippen LogP contribution in [-0.4, -0.2) is 9.97 Å². The molecule has 0 radical (unpaired) electrons. The summed E-state index contributed by atoms with van der Waals surface area (Å²) in [7, 11) is 0. The fourth-order valence-electron chi connectivity index (χ4n) is 2.97. The molecule has 1 aliphatic carbocycles. The van der Waals surface area contributed by atoms with Gasteiger partial charge < -0.3 is 0 Å². The minimum atomic E-state index is 0.475. The highest BCUT2D eigenvalue weighted by Crippen LogP contribution is 2.42. The number of hydrogen-bond donors (Lipinski definition) is 0. The summed E-state index contributed by atoms with van der Waals surface area (Å²) in [6.45, 7) is 6.87. The fraction of sp³-hybridized carbons (Fsp3) is 0.625. The lowest BCUT2D eigenvalue weighted by Gasteiger charge is -2.33. The maximum absolute atomic E-state index is 6.36. The molecule has 0 unspecified atom stereocenters. The molecule has 4 heteroatoms. The second-order valence-electron chi connectivity index (χ2n) is 6.60. The van der Waals surface area contributed by atoms with Crippen molar-refractivity contribution < 1.29 is 0 Å². The van der Waals surface area contributed by atoms with Crippen LogP contribution >= 0.6 is 22.9 Å². The average molecular weight is 309 g/mol. The largest absolute Gasteiger partial charge is 0.222 e. The van der Waals surface area contributed by atoms with Gasteiger partial charge in [0.15, 0.2) is 0 Å². The monoisotopic (exact) mass is 308 g/mol. The number of aryl methyl sites for hydroxylation is 1. The highest BCUT2D eigenvalue weighted by molar-refractivity contribution is 7.18. The first kappa shape index (κ1) is 14.3. The third-order valence-corrected chi connectivity index (χ3v) is 5.93. The molecule has 2 aromatic rings. The predicted molar refractivity (Wildman–Crippen MR) is 86.8 cm³/mol. The molecule has 0 saturated heterocycles. The van der Waals surface area contributed by atoms with Gasteiger partial charge in [-0.2, -0.15) is 0 Å². The molecular weight excluding hydrogens is 288 g/mol. The number of rotatable bonds is 2. The zero-order valence-corrected chi connectivity index (χ0v) is 13.9. The van der Waals surface area contributed by atoms with Gasteiger partial charge in [-0.15, -0.1) is 11.3 Å². The lowest BCUT2D eigenvalue weighted by Crippen LogP contribution is -2.21. The van der Waals surface area contributed by atoms with Gasteiger partial charge in [0.05, 0.1) is 0 Å². The van der Waals surface area contributed by atoms with Crippen LogP contribution in [0.1, 0.15) is 63.1 Å². The van der Waals surface area contributed by atoms with Crippen molar-refractivity contribution in [3.05, 3.63) is 21.9 Å². The molecule has 2 aromatic heterocycles. The Balaban J connectivity index is 1.92. The number of thiophene rings is 1. The highest BCUT2D eigenvalue weighted by Gasteiger charge is 2.29. The Kier molecular flexibility index (Phi) is 3.76. The van der Waals surface area contributed by atoms with E-state index in [1.807, 2.05) is 0 Å². The second kappa shape index (κ2) is 5.27. The summed E-state index contributed by atoms with van der Waals surface area (Å²) in [5.41, 5.74) is 0.475. The summed E-state index contributed by atoms with van der Waals surface area (Å²) in [6.07, 6.45) is 5.90. The van der Waals surface area contributed by atoms with Crippen LogP contribution in [-0.2, 0) is 6.42 Å². The van der Waals surface area contributed by atoms with Gasteiger partial charge in [-0.1, -0.05) is 32.4 Å². The van der Waals surface area contributed by atoms with Gasteiger partial charge in [0.25, 0.3) is 0 Å². The molecule has 0 spiro atoms. The van der Waals surface area contributed by atoms with Gasteiger partial charge in [0, 0.05) is 16.2 Å². The van der Waals surface area contributed by atoms with Crippen LogP contribution in [0.5, 0.6) is 0 Å². The third kappa shape index (κ3) is 2.71. The van der Waals surface area contributed by atoms with Gasteiger partial charge in [-0.05, 0) is 43.6 Å². The van der Waals surface area contributed by atoms with Crippen molar-refractivity contribution in [2.45, 2.75) is 58.8 Å². The molecule has 108 valence electrons. The highest BCUT2D eigenvalue weighted by atomic mass is 35.5. The van der Waals surface area contributed by atoms with E-state index >= 15 is 0 Å². The number of fused-ring (bicyclic) bond motifs is 1. The summed E-state index contributed by atoms with van der Waals surface area (Å²) < 4.78 is 0. The molecule has 2 nitrogen and oxygen atoms in total. The van der Waals surface area contributed by atoms with E-state index in [2.05, 4.69) is 31.8 Å². The first-order valence-electron chi connectivity index (χ1n) is 7.44. The SMILES string of the molecule is CCc1cc2c(Cl)nc(C3CCC(C)(C)CC3)nc2s1. The summed E-state index contributed by atoms with van der Waals surface area (Å²) >= 11 is 8.12. The van der Waals surface area contributed by atoms with Gasteiger partial charge in [-0.3, -0.25) is 0 Å². The van der Waals surface area contributed by atoms with E-state index in [-0.39, 0.29) is 0 Å². The van der Waals surface area contributed by atoms with Crippen molar-refractivity contribution in [1.29, 1.82) is 0 Å². The normalized spacial score (nSPS) is 19.6. The summed E-state index contributed by atoms with van der Waals surface area (Å²) in [6, 6.07) is 2.14. The first-order chi connectivity index (χ1) is 9.48.